The largest absolute Gasteiger partial charge is 0.497 e. The first kappa shape index (κ1) is 13.3. The number of methoxy groups -OCH3 is 1. The number of halogens is 1. The Kier molecular flexibility index (Phi) is 3.95. The summed E-state index contributed by atoms with van der Waals surface area (Å²) in [6.07, 6.45) is 0.198. The van der Waals surface area contributed by atoms with E-state index in [-0.39, 0.29) is 17.8 Å². The van der Waals surface area contributed by atoms with Crippen molar-refractivity contribution in [1.29, 1.82) is 0 Å². The zero-order chi connectivity index (χ0) is 13.8. The Morgan fingerprint density at radius 2 is 1.84 bits per heavy atom. The van der Waals surface area contributed by atoms with E-state index in [0.717, 1.165) is 11.1 Å². The van der Waals surface area contributed by atoms with Gasteiger partial charge < -0.3 is 4.74 Å². The van der Waals surface area contributed by atoms with Gasteiger partial charge >= 0.3 is 0 Å². The van der Waals surface area contributed by atoms with Gasteiger partial charge in [-0.2, -0.15) is 0 Å². The number of benzene rings is 2. The SMILES string of the molecule is COc1ccc(C(=O)Cc2ccc(C)cc2)c(F)c1. The van der Waals surface area contributed by atoms with Gasteiger partial charge in [-0.1, -0.05) is 29.8 Å². The maximum atomic E-state index is 13.8. The molecule has 2 rings (SSSR count). The molecule has 0 N–H and O–H groups in total. The molecule has 0 aliphatic carbocycles. The number of ketones is 1. The molecule has 0 unspecified atom stereocenters. The molecule has 0 heterocycles. The summed E-state index contributed by atoms with van der Waals surface area (Å²) in [5.41, 5.74) is 2.11. The predicted molar refractivity (Wildman–Crippen MR) is 72.2 cm³/mol. The van der Waals surface area contributed by atoms with Crippen LogP contribution in [0.5, 0.6) is 5.75 Å². The van der Waals surface area contributed by atoms with Crippen molar-refractivity contribution in [1.82, 2.24) is 0 Å². The van der Waals surface area contributed by atoms with Crippen LogP contribution in [0.4, 0.5) is 4.39 Å². The predicted octanol–water partition coefficient (Wildman–Crippen LogP) is 3.57. The topological polar surface area (TPSA) is 26.3 Å². The molecule has 2 aromatic carbocycles. The zero-order valence-electron chi connectivity index (χ0n) is 10.9. The van der Waals surface area contributed by atoms with E-state index in [4.69, 9.17) is 4.74 Å². The van der Waals surface area contributed by atoms with E-state index in [9.17, 15) is 9.18 Å². The Balaban J connectivity index is 2.18. The van der Waals surface area contributed by atoms with E-state index in [0.29, 0.717) is 5.75 Å². The first-order valence-electron chi connectivity index (χ1n) is 6.02. The van der Waals surface area contributed by atoms with Crippen LogP contribution >= 0.6 is 0 Å². The van der Waals surface area contributed by atoms with E-state index in [2.05, 4.69) is 0 Å². The molecule has 98 valence electrons. The van der Waals surface area contributed by atoms with Crippen LogP contribution < -0.4 is 4.74 Å². The fourth-order valence-corrected chi connectivity index (χ4v) is 1.84. The number of ether oxygens (including phenoxy) is 1. The standard InChI is InChI=1S/C16H15FO2/c1-11-3-5-12(6-4-11)9-16(18)14-8-7-13(19-2)10-15(14)17/h3-8,10H,9H2,1-2H3. The van der Waals surface area contributed by atoms with Gasteiger partial charge in [-0.3, -0.25) is 4.79 Å². The molecule has 0 aromatic heterocycles. The van der Waals surface area contributed by atoms with Crippen molar-refractivity contribution in [2.24, 2.45) is 0 Å². The van der Waals surface area contributed by atoms with Crippen molar-refractivity contribution >= 4 is 5.78 Å². The highest BCUT2D eigenvalue weighted by molar-refractivity contribution is 5.97. The Bertz CT molecular complexity index is 588. The molecule has 0 bridgehead atoms. The number of hydrogen-bond acceptors (Lipinski definition) is 2. The second-order valence-electron chi connectivity index (χ2n) is 4.43. The lowest BCUT2D eigenvalue weighted by atomic mass is 10.0. The van der Waals surface area contributed by atoms with Crippen molar-refractivity contribution in [3.05, 3.63) is 65.0 Å². The van der Waals surface area contributed by atoms with Crippen molar-refractivity contribution in [2.45, 2.75) is 13.3 Å². The molecule has 19 heavy (non-hydrogen) atoms. The van der Waals surface area contributed by atoms with Gasteiger partial charge in [0, 0.05) is 12.5 Å². The molecule has 0 atom stereocenters. The highest BCUT2D eigenvalue weighted by Crippen LogP contribution is 2.18. The van der Waals surface area contributed by atoms with Crippen molar-refractivity contribution < 1.29 is 13.9 Å². The Hall–Kier alpha value is -2.16. The quantitative estimate of drug-likeness (QED) is 0.784. The molecule has 0 amide bonds. The lowest BCUT2D eigenvalue weighted by Gasteiger charge is -2.05. The minimum absolute atomic E-state index is 0.0985. The van der Waals surface area contributed by atoms with Crippen molar-refractivity contribution in [2.75, 3.05) is 7.11 Å². The molecule has 0 aliphatic rings. The first-order valence-corrected chi connectivity index (χ1v) is 6.02. The molecular weight excluding hydrogens is 243 g/mol. The van der Waals surface area contributed by atoms with Gasteiger partial charge in [-0.05, 0) is 24.6 Å². The average molecular weight is 258 g/mol. The summed E-state index contributed by atoms with van der Waals surface area (Å²) in [4.78, 5) is 12.0. The number of aryl methyl sites for hydroxylation is 1. The van der Waals surface area contributed by atoms with Gasteiger partial charge in [0.15, 0.2) is 5.78 Å². The minimum Gasteiger partial charge on any atom is -0.497 e. The summed E-state index contributed by atoms with van der Waals surface area (Å²) in [5, 5.41) is 0. The number of hydrogen-bond donors (Lipinski definition) is 0. The summed E-state index contributed by atoms with van der Waals surface area (Å²) < 4.78 is 18.7. The van der Waals surface area contributed by atoms with Gasteiger partial charge in [0.05, 0.1) is 12.7 Å². The second kappa shape index (κ2) is 5.65. The molecule has 2 aromatic rings. The lowest BCUT2D eigenvalue weighted by molar-refractivity contribution is 0.0989. The van der Waals surface area contributed by atoms with Crippen LogP contribution in [0.15, 0.2) is 42.5 Å². The molecule has 0 radical (unpaired) electrons. The van der Waals surface area contributed by atoms with Crippen LogP contribution in [0.25, 0.3) is 0 Å². The third kappa shape index (κ3) is 3.19. The molecular formula is C16H15FO2. The second-order valence-corrected chi connectivity index (χ2v) is 4.43. The van der Waals surface area contributed by atoms with Crippen molar-refractivity contribution in [3.63, 3.8) is 0 Å². The fourth-order valence-electron chi connectivity index (χ4n) is 1.84. The van der Waals surface area contributed by atoms with Crippen LogP contribution in [0.1, 0.15) is 21.5 Å². The number of Topliss-reactive ketones (excluding diaryl/α,β-unsaturated/α-hetero) is 1. The van der Waals surface area contributed by atoms with Gasteiger partial charge in [-0.25, -0.2) is 4.39 Å². The van der Waals surface area contributed by atoms with Crippen LogP contribution in [0.2, 0.25) is 0 Å². The van der Waals surface area contributed by atoms with Crippen molar-refractivity contribution in [3.8, 4) is 5.75 Å². The molecule has 0 fully saturated rings. The van der Waals surface area contributed by atoms with E-state index in [1.165, 1.54) is 19.2 Å². The third-order valence-electron chi connectivity index (χ3n) is 2.96. The monoisotopic (exact) mass is 258 g/mol. The zero-order valence-corrected chi connectivity index (χ0v) is 10.9. The third-order valence-corrected chi connectivity index (χ3v) is 2.96. The van der Waals surface area contributed by atoms with E-state index in [1.807, 2.05) is 31.2 Å². The normalized spacial score (nSPS) is 10.3. The lowest BCUT2D eigenvalue weighted by Crippen LogP contribution is -2.06. The summed E-state index contributed by atoms with van der Waals surface area (Å²) in [6.45, 7) is 1.98. The Morgan fingerprint density at radius 3 is 2.42 bits per heavy atom. The Labute approximate surface area is 111 Å². The fraction of sp³-hybridized carbons (Fsp3) is 0.188. The first-order chi connectivity index (χ1) is 9.10. The Morgan fingerprint density at radius 1 is 1.16 bits per heavy atom. The van der Waals surface area contributed by atoms with E-state index >= 15 is 0 Å². The minimum atomic E-state index is -0.545. The van der Waals surface area contributed by atoms with E-state index < -0.39 is 5.82 Å². The number of rotatable bonds is 4. The summed E-state index contributed by atoms with van der Waals surface area (Å²) in [5.74, 6) is -0.371. The van der Waals surface area contributed by atoms with Gasteiger partial charge in [-0.15, -0.1) is 0 Å². The average Bonchev–Trinajstić information content (AvgIpc) is 2.41. The van der Waals surface area contributed by atoms with Crippen LogP contribution in [-0.2, 0) is 6.42 Å². The molecule has 0 aliphatic heterocycles. The smallest absolute Gasteiger partial charge is 0.170 e. The molecule has 2 nitrogen and oxygen atoms in total. The molecule has 0 saturated carbocycles. The van der Waals surface area contributed by atoms with Gasteiger partial charge in [0.2, 0.25) is 0 Å². The van der Waals surface area contributed by atoms with Gasteiger partial charge in [0.25, 0.3) is 0 Å². The summed E-state index contributed by atoms with van der Waals surface area (Å²) in [7, 11) is 1.46. The number of carbonyl (C=O) groups excluding carboxylic acids is 1. The molecule has 3 heteroatoms. The van der Waals surface area contributed by atoms with Gasteiger partial charge in [0.1, 0.15) is 11.6 Å². The van der Waals surface area contributed by atoms with Crippen LogP contribution in [0, 0.1) is 12.7 Å². The maximum Gasteiger partial charge on any atom is 0.170 e. The molecule has 0 saturated heterocycles. The van der Waals surface area contributed by atoms with Crippen LogP contribution in [-0.4, -0.2) is 12.9 Å². The highest BCUT2D eigenvalue weighted by atomic mass is 19.1. The summed E-state index contributed by atoms with van der Waals surface area (Å²) >= 11 is 0. The summed E-state index contributed by atoms with van der Waals surface area (Å²) in [6, 6.07) is 11.9. The van der Waals surface area contributed by atoms with Crippen LogP contribution in [0.3, 0.4) is 0 Å². The number of carbonyl (C=O) groups is 1. The van der Waals surface area contributed by atoms with E-state index in [1.54, 1.807) is 6.07 Å². The maximum absolute atomic E-state index is 13.8. The molecule has 0 spiro atoms. The highest BCUT2D eigenvalue weighted by Gasteiger charge is 2.13.